The molecule has 0 aliphatic heterocycles. The lowest BCUT2D eigenvalue weighted by Gasteiger charge is -2.21. The van der Waals surface area contributed by atoms with Crippen molar-refractivity contribution in [1.82, 2.24) is 0 Å². The number of aliphatic hydroxyl groups is 1. The first kappa shape index (κ1) is 84.1. The van der Waals surface area contributed by atoms with Crippen LogP contribution in [0.2, 0.25) is 0 Å². The molecule has 0 saturated heterocycles. The summed E-state index contributed by atoms with van der Waals surface area (Å²) in [4.78, 5) is 72.3. The Balaban J connectivity index is 5.25. The molecule has 0 radical (unpaired) electrons. The maximum atomic E-state index is 13.0. The van der Waals surface area contributed by atoms with Crippen molar-refractivity contribution in [3.05, 3.63) is 0 Å². The molecule has 19 heteroatoms. The second-order valence-corrected chi connectivity index (χ2v) is 28.5. The summed E-state index contributed by atoms with van der Waals surface area (Å²) in [5, 5.41) is 10.6. The van der Waals surface area contributed by atoms with Gasteiger partial charge in [0.2, 0.25) is 0 Å². The van der Waals surface area contributed by atoms with Crippen LogP contribution >= 0.6 is 15.6 Å². The van der Waals surface area contributed by atoms with Crippen molar-refractivity contribution in [2.45, 2.75) is 349 Å². The van der Waals surface area contributed by atoms with Crippen LogP contribution in [0.1, 0.15) is 331 Å². The fraction of sp³-hybridized carbons (Fsp3) is 0.940. The van der Waals surface area contributed by atoms with Crippen LogP contribution in [0.5, 0.6) is 0 Å². The SMILES string of the molecule is CCCCCCCCCCCCCC(=O)O[C@H](COC(=O)CCCCCCCCC(C)C)COP(=O)(O)OC[C@H](O)COP(=O)(O)OC[C@@H](COC(=O)CCCCCCCCCCCCC(C)C)OC(=O)CCCCCCCCCCCCC(C)C. The number of hydrogen-bond acceptors (Lipinski definition) is 15. The third-order valence-corrected chi connectivity index (χ3v) is 17.3. The molecule has 0 heterocycles. The molecule has 0 bridgehead atoms. The van der Waals surface area contributed by atoms with Crippen molar-refractivity contribution in [2.24, 2.45) is 17.8 Å². The number of hydrogen-bond donors (Lipinski definition) is 3. The molecule has 0 saturated carbocycles. The number of esters is 4. The number of ether oxygens (including phenoxy) is 4. The first-order chi connectivity index (χ1) is 41.2. The molecular formula is C67H130O17P2. The summed E-state index contributed by atoms with van der Waals surface area (Å²) in [6.07, 6.45) is 40.4. The number of aliphatic hydroxyl groups excluding tert-OH is 1. The minimum atomic E-state index is -4.95. The zero-order valence-electron chi connectivity index (χ0n) is 55.8. The van der Waals surface area contributed by atoms with Crippen LogP contribution in [0.3, 0.4) is 0 Å². The molecule has 0 aromatic carbocycles. The van der Waals surface area contributed by atoms with Gasteiger partial charge in [-0.25, -0.2) is 9.13 Å². The molecular weight excluding hydrogens is 1140 g/mol. The summed E-state index contributed by atoms with van der Waals surface area (Å²) in [5.74, 6) is 0.0584. The Morgan fingerprint density at radius 2 is 0.535 bits per heavy atom. The van der Waals surface area contributed by atoms with Crippen LogP contribution in [0.4, 0.5) is 0 Å². The lowest BCUT2D eigenvalue weighted by atomic mass is 10.0. The summed E-state index contributed by atoms with van der Waals surface area (Å²) < 4.78 is 68.1. The predicted octanol–water partition coefficient (Wildman–Crippen LogP) is 18.7. The van der Waals surface area contributed by atoms with E-state index in [2.05, 4.69) is 48.5 Å². The summed E-state index contributed by atoms with van der Waals surface area (Å²) in [7, 11) is -9.89. The molecule has 86 heavy (non-hydrogen) atoms. The molecule has 0 aromatic heterocycles. The van der Waals surface area contributed by atoms with Gasteiger partial charge in [-0.05, 0) is 43.4 Å². The molecule has 510 valence electrons. The second-order valence-electron chi connectivity index (χ2n) is 25.6. The number of rotatable bonds is 65. The smallest absolute Gasteiger partial charge is 0.462 e. The average Bonchev–Trinajstić information content (AvgIpc) is 3.63. The largest absolute Gasteiger partial charge is 0.472 e. The van der Waals surface area contributed by atoms with Crippen LogP contribution in [0, 0.1) is 17.8 Å². The zero-order chi connectivity index (χ0) is 63.8. The van der Waals surface area contributed by atoms with Crippen molar-refractivity contribution in [3.63, 3.8) is 0 Å². The molecule has 2 unspecified atom stereocenters. The predicted molar refractivity (Wildman–Crippen MR) is 344 cm³/mol. The highest BCUT2D eigenvalue weighted by Gasteiger charge is 2.30. The van der Waals surface area contributed by atoms with Crippen molar-refractivity contribution in [2.75, 3.05) is 39.6 Å². The molecule has 3 N–H and O–H groups in total. The van der Waals surface area contributed by atoms with Crippen molar-refractivity contribution < 1.29 is 80.2 Å². The van der Waals surface area contributed by atoms with E-state index in [1.165, 1.54) is 135 Å². The summed E-state index contributed by atoms with van der Waals surface area (Å²) in [6.45, 7) is 11.7. The van der Waals surface area contributed by atoms with Gasteiger partial charge < -0.3 is 33.8 Å². The minimum absolute atomic E-state index is 0.105. The van der Waals surface area contributed by atoms with E-state index in [1.54, 1.807) is 0 Å². The number of phosphoric acid groups is 2. The van der Waals surface area contributed by atoms with Gasteiger partial charge >= 0.3 is 39.5 Å². The van der Waals surface area contributed by atoms with Crippen LogP contribution in [-0.4, -0.2) is 96.7 Å². The van der Waals surface area contributed by atoms with E-state index in [-0.39, 0.29) is 25.7 Å². The highest BCUT2D eigenvalue weighted by atomic mass is 31.2. The van der Waals surface area contributed by atoms with Gasteiger partial charge in [0.1, 0.15) is 19.3 Å². The normalized spacial score (nSPS) is 14.3. The monoisotopic (exact) mass is 1270 g/mol. The fourth-order valence-corrected chi connectivity index (χ4v) is 11.6. The Hall–Kier alpha value is -1.94. The van der Waals surface area contributed by atoms with E-state index in [1.807, 2.05) is 0 Å². The lowest BCUT2D eigenvalue weighted by Crippen LogP contribution is -2.30. The Bertz CT molecular complexity index is 1700. The van der Waals surface area contributed by atoms with E-state index in [0.717, 1.165) is 108 Å². The number of carbonyl (C=O) groups excluding carboxylic acids is 4. The Kier molecular flexibility index (Phi) is 56.9. The van der Waals surface area contributed by atoms with Gasteiger partial charge in [0.25, 0.3) is 0 Å². The number of unbranched alkanes of at least 4 members (excludes halogenated alkanes) is 33. The summed E-state index contributed by atoms with van der Waals surface area (Å²) >= 11 is 0. The lowest BCUT2D eigenvalue weighted by molar-refractivity contribution is -0.161. The van der Waals surface area contributed by atoms with Crippen LogP contribution in [-0.2, 0) is 65.4 Å². The fourth-order valence-electron chi connectivity index (χ4n) is 10.0. The first-order valence-corrected chi connectivity index (χ1v) is 37.8. The van der Waals surface area contributed by atoms with Gasteiger partial charge in [0.15, 0.2) is 12.2 Å². The van der Waals surface area contributed by atoms with Crippen molar-refractivity contribution >= 4 is 39.5 Å². The van der Waals surface area contributed by atoms with Crippen LogP contribution in [0.25, 0.3) is 0 Å². The van der Waals surface area contributed by atoms with Gasteiger partial charge in [-0.3, -0.25) is 37.3 Å². The third-order valence-electron chi connectivity index (χ3n) is 15.4. The van der Waals surface area contributed by atoms with Crippen LogP contribution < -0.4 is 0 Å². The topological polar surface area (TPSA) is 237 Å². The second kappa shape index (κ2) is 58.2. The quantitative estimate of drug-likeness (QED) is 0.0222. The molecule has 5 atom stereocenters. The minimum Gasteiger partial charge on any atom is -0.462 e. The molecule has 0 amide bonds. The van der Waals surface area contributed by atoms with E-state index in [9.17, 15) is 43.2 Å². The van der Waals surface area contributed by atoms with Gasteiger partial charge in [-0.15, -0.1) is 0 Å². The number of phosphoric ester groups is 2. The molecule has 17 nitrogen and oxygen atoms in total. The van der Waals surface area contributed by atoms with Gasteiger partial charge in [0, 0.05) is 25.7 Å². The Morgan fingerprint density at radius 3 is 0.791 bits per heavy atom. The standard InChI is InChI=1S/C67H130O17P2/c1-8-9-10-11-12-13-14-22-27-36-43-50-66(71)84-63(55-78-65(70)49-42-35-30-29-33-40-47-60(6)7)57-82-86(75,76)80-53-61(68)52-79-85(73,74)81-56-62(83-67(72)51-44-37-28-23-18-16-20-25-32-39-46-59(4)5)54-77-64(69)48-41-34-26-21-17-15-19-24-31-38-45-58(2)3/h58-63,68H,8-57H2,1-7H3,(H,73,74)(H,75,76)/t61-,62-,63-/m1/s1. The average molecular weight is 1270 g/mol. The summed E-state index contributed by atoms with van der Waals surface area (Å²) in [5.41, 5.74) is 0. The van der Waals surface area contributed by atoms with E-state index >= 15 is 0 Å². The van der Waals surface area contributed by atoms with E-state index in [4.69, 9.17) is 37.0 Å². The highest BCUT2D eigenvalue weighted by molar-refractivity contribution is 7.47. The maximum absolute atomic E-state index is 13.0. The van der Waals surface area contributed by atoms with E-state index in [0.29, 0.717) is 31.6 Å². The molecule has 0 aromatic rings. The highest BCUT2D eigenvalue weighted by Crippen LogP contribution is 2.45. The van der Waals surface area contributed by atoms with Gasteiger partial charge in [-0.1, -0.05) is 280 Å². The van der Waals surface area contributed by atoms with Crippen molar-refractivity contribution in [3.8, 4) is 0 Å². The number of carbonyl (C=O) groups is 4. The molecule has 0 fully saturated rings. The van der Waals surface area contributed by atoms with Crippen molar-refractivity contribution in [1.29, 1.82) is 0 Å². The van der Waals surface area contributed by atoms with Crippen LogP contribution in [0.15, 0.2) is 0 Å². The molecule has 0 aliphatic rings. The van der Waals surface area contributed by atoms with Gasteiger partial charge in [-0.2, -0.15) is 0 Å². The molecule has 0 rings (SSSR count). The molecule has 0 aliphatic carbocycles. The maximum Gasteiger partial charge on any atom is 0.472 e. The van der Waals surface area contributed by atoms with E-state index < -0.39 is 97.5 Å². The third kappa shape index (κ3) is 60.9. The Morgan fingerprint density at radius 1 is 0.314 bits per heavy atom. The summed E-state index contributed by atoms with van der Waals surface area (Å²) in [6, 6.07) is 0. The Labute approximate surface area is 524 Å². The molecule has 0 spiro atoms. The zero-order valence-corrected chi connectivity index (χ0v) is 57.6. The first-order valence-electron chi connectivity index (χ1n) is 34.8. The van der Waals surface area contributed by atoms with Gasteiger partial charge in [0.05, 0.1) is 26.4 Å².